The molecule has 2 atom stereocenters. The number of hydrazine groups is 1. The van der Waals surface area contributed by atoms with Gasteiger partial charge in [0.05, 0.1) is 12.2 Å². The molecule has 0 aromatic heterocycles. The molecule has 2 aromatic carbocycles. The monoisotopic (exact) mass is 426 g/mol. The number of aliphatic carboxylic acids is 1. The second-order valence-electron chi connectivity index (χ2n) is 7.24. The van der Waals surface area contributed by atoms with E-state index in [0.717, 1.165) is 34.9 Å². The molecule has 1 N–H and O–H groups in total. The van der Waals surface area contributed by atoms with Gasteiger partial charge in [-0.1, -0.05) is 49.4 Å². The smallest absolute Gasteiger partial charge is 0.328 e. The lowest BCUT2D eigenvalue weighted by atomic mass is 10.1. The van der Waals surface area contributed by atoms with Gasteiger partial charge in [-0.15, -0.1) is 0 Å². The van der Waals surface area contributed by atoms with Crippen molar-refractivity contribution in [3.05, 3.63) is 60.2 Å². The molecule has 6 heteroatoms. The van der Waals surface area contributed by atoms with Crippen molar-refractivity contribution in [3.63, 3.8) is 0 Å². The number of hydrogen-bond donors (Lipinski definition) is 1. The molecule has 160 valence electrons. The predicted octanol–water partition coefficient (Wildman–Crippen LogP) is 5.33. The highest BCUT2D eigenvalue weighted by molar-refractivity contribution is 7.98. The topological polar surface area (TPSA) is 53.0 Å². The summed E-state index contributed by atoms with van der Waals surface area (Å²) in [6.45, 7) is 4.68. The zero-order valence-corrected chi connectivity index (χ0v) is 18.6. The largest absolute Gasteiger partial charge is 0.486 e. The standard InChI is InChI=1S/C24H30N2O3S/c1-4-10-18-11-9-14-21-23(18)29-20(5-2)17-25(21)26(19-12-7-6-8-13-19)22(24(27)28)15-16-30-3/h4,6-14,20,22H,5,15-17H2,1-3H3,(H,27,28)/t20?,22-/m0/s1. The summed E-state index contributed by atoms with van der Waals surface area (Å²) < 4.78 is 6.33. The SMILES string of the molecule is CC=Cc1cccc2c1OC(CC)CN2N(c1ccccc1)[C@@H](CCSC)C(=O)O. The van der Waals surface area contributed by atoms with E-state index in [1.807, 2.05) is 78.9 Å². The highest BCUT2D eigenvalue weighted by Gasteiger charge is 2.36. The van der Waals surface area contributed by atoms with Gasteiger partial charge in [-0.05, 0) is 50.0 Å². The number of nitrogens with zero attached hydrogens (tertiary/aromatic N) is 2. The zero-order valence-electron chi connectivity index (χ0n) is 17.8. The zero-order chi connectivity index (χ0) is 21.5. The minimum Gasteiger partial charge on any atom is -0.486 e. The van der Waals surface area contributed by atoms with Crippen molar-refractivity contribution in [3.8, 4) is 5.75 Å². The van der Waals surface area contributed by atoms with E-state index in [2.05, 4.69) is 11.9 Å². The summed E-state index contributed by atoms with van der Waals surface area (Å²) in [4.78, 5) is 12.4. The molecule has 0 saturated carbocycles. The maximum atomic E-state index is 12.4. The first-order chi connectivity index (χ1) is 14.6. The minimum atomic E-state index is -0.821. The van der Waals surface area contributed by atoms with Crippen LogP contribution in [0.4, 0.5) is 11.4 Å². The van der Waals surface area contributed by atoms with Crippen LogP contribution < -0.4 is 14.8 Å². The summed E-state index contributed by atoms with van der Waals surface area (Å²) in [5, 5.41) is 14.2. The van der Waals surface area contributed by atoms with Gasteiger partial charge in [0.1, 0.15) is 17.8 Å². The molecule has 30 heavy (non-hydrogen) atoms. The van der Waals surface area contributed by atoms with Crippen molar-refractivity contribution < 1.29 is 14.6 Å². The Hall–Kier alpha value is -2.60. The van der Waals surface area contributed by atoms with Crippen LogP contribution in [0, 0.1) is 0 Å². The van der Waals surface area contributed by atoms with Gasteiger partial charge in [0.25, 0.3) is 0 Å². The fourth-order valence-electron chi connectivity index (χ4n) is 3.74. The number of para-hydroxylation sites is 2. The average molecular weight is 427 g/mol. The molecule has 1 heterocycles. The normalized spacial score (nSPS) is 16.8. The third-order valence-corrected chi connectivity index (χ3v) is 5.87. The van der Waals surface area contributed by atoms with E-state index in [1.165, 1.54) is 0 Å². The first kappa shape index (κ1) is 22.1. The molecule has 0 fully saturated rings. The number of hydrogen-bond acceptors (Lipinski definition) is 5. The minimum absolute atomic E-state index is 0.0230. The van der Waals surface area contributed by atoms with Crippen LogP contribution in [0.3, 0.4) is 0 Å². The molecule has 1 aliphatic rings. The summed E-state index contributed by atoms with van der Waals surface area (Å²) in [6.07, 6.45) is 7.39. The predicted molar refractivity (Wildman–Crippen MR) is 127 cm³/mol. The highest BCUT2D eigenvalue weighted by Crippen LogP contribution is 2.40. The van der Waals surface area contributed by atoms with Gasteiger partial charge in [-0.25, -0.2) is 4.79 Å². The van der Waals surface area contributed by atoms with E-state index in [0.29, 0.717) is 13.0 Å². The van der Waals surface area contributed by atoms with Gasteiger partial charge < -0.3 is 9.84 Å². The molecule has 2 aromatic rings. The molecule has 1 aliphatic heterocycles. The molecule has 0 radical (unpaired) electrons. The molecule has 5 nitrogen and oxygen atoms in total. The lowest BCUT2D eigenvalue weighted by molar-refractivity contribution is -0.138. The molecular weight excluding hydrogens is 396 g/mol. The van der Waals surface area contributed by atoms with Gasteiger partial charge in [0.15, 0.2) is 5.75 Å². The molecule has 1 unspecified atom stereocenters. The van der Waals surface area contributed by atoms with Crippen molar-refractivity contribution >= 4 is 35.2 Å². The average Bonchev–Trinajstić information content (AvgIpc) is 2.77. The fraction of sp³-hybridized carbons (Fsp3) is 0.375. The number of rotatable bonds is 9. The Morgan fingerprint density at radius 2 is 2.07 bits per heavy atom. The Bertz CT molecular complexity index is 872. The van der Waals surface area contributed by atoms with E-state index in [4.69, 9.17) is 4.74 Å². The van der Waals surface area contributed by atoms with Crippen LogP contribution in [0.25, 0.3) is 6.08 Å². The van der Waals surface area contributed by atoms with Crippen LogP contribution in [0.15, 0.2) is 54.6 Å². The number of thioether (sulfide) groups is 1. The Morgan fingerprint density at radius 3 is 2.70 bits per heavy atom. The number of benzene rings is 2. The Labute approximate surface area is 183 Å². The first-order valence-electron chi connectivity index (χ1n) is 10.4. The first-order valence-corrected chi connectivity index (χ1v) is 11.8. The lowest BCUT2D eigenvalue weighted by Crippen LogP contribution is -2.57. The molecule has 0 saturated heterocycles. The van der Waals surface area contributed by atoms with Crippen LogP contribution in [0.5, 0.6) is 5.75 Å². The summed E-state index contributed by atoms with van der Waals surface area (Å²) in [7, 11) is 0. The van der Waals surface area contributed by atoms with Crippen molar-refractivity contribution in [2.24, 2.45) is 0 Å². The number of anilines is 2. The summed E-state index contributed by atoms with van der Waals surface area (Å²) in [6, 6.07) is 15.2. The number of carbonyl (C=O) groups is 1. The van der Waals surface area contributed by atoms with Gasteiger partial charge >= 0.3 is 5.97 Å². The van der Waals surface area contributed by atoms with Crippen molar-refractivity contribution in [2.75, 3.05) is 28.6 Å². The molecule has 0 aliphatic carbocycles. The van der Waals surface area contributed by atoms with E-state index < -0.39 is 12.0 Å². The summed E-state index contributed by atoms with van der Waals surface area (Å²) in [5.41, 5.74) is 2.77. The van der Waals surface area contributed by atoms with Gasteiger partial charge in [-0.3, -0.25) is 10.0 Å². The number of ether oxygens (including phenoxy) is 1. The highest BCUT2D eigenvalue weighted by atomic mass is 32.2. The van der Waals surface area contributed by atoms with E-state index in [-0.39, 0.29) is 6.10 Å². The maximum absolute atomic E-state index is 12.4. The van der Waals surface area contributed by atoms with Gasteiger partial charge in [0, 0.05) is 5.56 Å². The quantitative estimate of drug-likeness (QED) is 0.585. The molecule has 0 amide bonds. The Balaban J connectivity index is 2.15. The number of carboxylic acid groups (broad SMARTS) is 1. The lowest BCUT2D eigenvalue weighted by Gasteiger charge is -2.46. The molecule has 0 bridgehead atoms. The van der Waals surface area contributed by atoms with Crippen LogP contribution >= 0.6 is 11.8 Å². The van der Waals surface area contributed by atoms with Crippen molar-refractivity contribution in [1.29, 1.82) is 0 Å². The molecular formula is C24H30N2O3S. The Morgan fingerprint density at radius 1 is 1.30 bits per heavy atom. The third-order valence-electron chi connectivity index (χ3n) is 5.22. The fourth-order valence-corrected chi connectivity index (χ4v) is 4.20. The van der Waals surface area contributed by atoms with E-state index >= 15 is 0 Å². The van der Waals surface area contributed by atoms with Crippen LogP contribution in [-0.4, -0.2) is 41.8 Å². The number of fused-ring (bicyclic) bond motifs is 1. The van der Waals surface area contributed by atoms with E-state index in [9.17, 15) is 9.90 Å². The summed E-state index contributed by atoms with van der Waals surface area (Å²) >= 11 is 1.66. The van der Waals surface area contributed by atoms with Crippen LogP contribution in [0.2, 0.25) is 0 Å². The molecule has 0 spiro atoms. The van der Waals surface area contributed by atoms with Crippen molar-refractivity contribution in [1.82, 2.24) is 0 Å². The third kappa shape index (κ3) is 4.75. The second-order valence-corrected chi connectivity index (χ2v) is 8.23. The second kappa shape index (κ2) is 10.4. The maximum Gasteiger partial charge on any atom is 0.328 e. The molecule has 3 rings (SSSR count). The number of allylic oxidation sites excluding steroid dienone is 1. The van der Waals surface area contributed by atoms with Gasteiger partial charge in [-0.2, -0.15) is 11.8 Å². The van der Waals surface area contributed by atoms with Gasteiger partial charge in [0.2, 0.25) is 0 Å². The van der Waals surface area contributed by atoms with Crippen molar-refractivity contribution in [2.45, 2.75) is 38.8 Å². The van der Waals surface area contributed by atoms with Crippen LogP contribution in [-0.2, 0) is 4.79 Å². The number of carboxylic acids is 1. The van der Waals surface area contributed by atoms with Crippen LogP contribution in [0.1, 0.15) is 32.3 Å². The summed E-state index contributed by atoms with van der Waals surface area (Å²) in [5.74, 6) is 0.759. The van der Waals surface area contributed by atoms with E-state index in [1.54, 1.807) is 11.8 Å². The Kier molecular flexibility index (Phi) is 7.69.